The number of ether oxygens (including phenoxy) is 2. The second-order valence-corrected chi connectivity index (χ2v) is 7.62. The van der Waals surface area contributed by atoms with Crippen molar-refractivity contribution in [2.75, 3.05) is 7.11 Å². The second kappa shape index (κ2) is 8.53. The molecule has 0 bridgehead atoms. The molecule has 8 heteroatoms. The van der Waals surface area contributed by atoms with Gasteiger partial charge in [0.05, 0.1) is 18.3 Å². The molecule has 3 aromatic rings. The molecular weight excluding hydrogens is 409 g/mol. The molecule has 0 radical (unpaired) electrons. The van der Waals surface area contributed by atoms with Gasteiger partial charge in [-0.15, -0.1) is 0 Å². The van der Waals surface area contributed by atoms with Gasteiger partial charge >= 0.3 is 12.3 Å². The summed E-state index contributed by atoms with van der Waals surface area (Å²) >= 11 is 0. The maximum Gasteiger partial charge on any atom is 0.513 e. The summed E-state index contributed by atoms with van der Waals surface area (Å²) in [5.74, 6) is 0.393. The molecule has 0 spiro atoms. The molecule has 0 saturated carbocycles. The minimum Gasteiger partial charge on any atom is -0.437 e. The molecule has 0 aliphatic heterocycles. The average molecular weight is 432 g/mol. The van der Waals surface area contributed by atoms with Crippen LogP contribution in [0.4, 0.5) is 18.0 Å². The largest absolute Gasteiger partial charge is 0.513 e. The maximum atomic E-state index is 13.1. The van der Waals surface area contributed by atoms with Crippen LogP contribution in [0.5, 0.6) is 5.75 Å². The summed E-state index contributed by atoms with van der Waals surface area (Å²) in [6.07, 6.45) is -5.06. The molecule has 0 unspecified atom stereocenters. The van der Waals surface area contributed by atoms with Crippen molar-refractivity contribution in [1.29, 1.82) is 0 Å². The number of methoxy groups -OCH3 is 1. The molecule has 0 amide bonds. The molecule has 2 heterocycles. The lowest BCUT2D eigenvalue weighted by atomic mass is 9.94. The fourth-order valence-electron chi connectivity index (χ4n) is 3.39. The van der Waals surface area contributed by atoms with Crippen LogP contribution < -0.4 is 4.74 Å². The van der Waals surface area contributed by atoms with Crippen LogP contribution >= 0.6 is 0 Å². The molecule has 3 rings (SSSR count). The molecule has 31 heavy (non-hydrogen) atoms. The highest BCUT2D eigenvalue weighted by atomic mass is 19.4. The Balaban J connectivity index is 2.13. The van der Waals surface area contributed by atoms with E-state index in [0.717, 1.165) is 23.0 Å². The first kappa shape index (κ1) is 22.5. The lowest BCUT2D eigenvalue weighted by Gasteiger charge is -2.20. The van der Waals surface area contributed by atoms with E-state index in [9.17, 15) is 18.0 Å². The lowest BCUT2D eigenvalue weighted by molar-refractivity contribution is -0.140. The van der Waals surface area contributed by atoms with Crippen LogP contribution in [0.15, 0.2) is 30.3 Å². The number of hydrogen-bond donors (Lipinski definition) is 0. The van der Waals surface area contributed by atoms with Gasteiger partial charge in [-0.05, 0) is 37.5 Å². The van der Waals surface area contributed by atoms with Crippen LogP contribution in [-0.4, -0.2) is 23.2 Å². The predicted octanol–water partition coefficient (Wildman–Crippen LogP) is 6.12. The molecule has 0 aliphatic carbocycles. The van der Waals surface area contributed by atoms with Crippen molar-refractivity contribution in [3.8, 4) is 5.75 Å². The summed E-state index contributed by atoms with van der Waals surface area (Å²) in [5, 5.41) is 0.602. The van der Waals surface area contributed by atoms with Crippen molar-refractivity contribution >= 4 is 17.1 Å². The number of pyridine rings is 2. The number of fused-ring (bicyclic) bond motifs is 1. The highest BCUT2D eigenvalue weighted by Crippen LogP contribution is 2.35. The van der Waals surface area contributed by atoms with Crippen molar-refractivity contribution in [1.82, 2.24) is 9.97 Å². The van der Waals surface area contributed by atoms with Gasteiger partial charge in [0, 0.05) is 28.6 Å². The molecule has 0 aliphatic rings. The third-order valence-electron chi connectivity index (χ3n) is 5.08. The van der Waals surface area contributed by atoms with Crippen molar-refractivity contribution < 1.29 is 27.4 Å². The molecule has 0 fully saturated rings. The first-order valence-corrected chi connectivity index (χ1v) is 9.74. The summed E-state index contributed by atoms with van der Waals surface area (Å²) in [4.78, 5) is 20.3. The quantitative estimate of drug-likeness (QED) is 0.465. The fraction of sp³-hybridized carbons (Fsp3) is 0.348. The van der Waals surface area contributed by atoms with Crippen LogP contribution in [0.25, 0.3) is 10.9 Å². The van der Waals surface area contributed by atoms with Gasteiger partial charge in [0.15, 0.2) is 0 Å². The minimum atomic E-state index is -4.52. The zero-order valence-electron chi connectivity index (χ0n) is 17.9. The van der Waals surface area contributed by atoms with E-state index in [1.807, 2.05) is 26.8 Å². The van der Waals surface area contributed by atoms with Gasteiger partial charge in [-0.25, -0.2) is 9.78 Å². The van der Waals surface area contributed by atoms with Gasteiger partial charge in [0.25, 0.3) is 0 Å². The highest BCUT2D eigenvalue weighted by molar-refractivity contribution is 5.79. The molecule has 0 N–H and O–H groups in total. The number of rotatable bonds is 4. The normalized spacial score (nSPS) is 11.8. The number of benzene rings is 1. The van der Waals surface area contributed by atoms with E-state index in [1.165, 1.54) is 13.2 Å². The van der Waals surface area contributed by atoms with E-state index < -0.39 is 18.0 Å². The third-order valence-corrected chi connectivity index (χ3v) is 5.08. The zero-order valence-corrected chi connectivity index (χ0v) is 17.9. The summed E-state index contributed by atoms with van der Waals surface area (Å²) in [7, 11) is 1.22. The summed E-state index contributed by atoms with van der Waals surface area (Å²) in [5.41, 5.74) is 2.88. The Bertz CT molecular complexity index is 1140. The zero-order chi connectivity index (χ0) is 22.9. The van der Waals surface area contributed by atoms with E-state index in [1.54, 1.807) is 19.1 Å². The number of aryl methyl sites for hydroxylation is 1. The Kier molecular flexibility index (Phi) is 6.20. The van der Waals surface area contributed by atoms with E-state index in [2.05, 4.69) is 14.7 Å². The SMILES string of the molecule is COC(=O)Oc1c(C)c(C)nc(C(C)C)c1Cc1ccc2ccc(C(F)(F)F)nc2c1. The van der Waals surface area contributed by atoms with Gasteiger partial charge in [-0.2, -0.15) is 13.2 Å². The first-order chi connectivity index (χ1) is 14.5. The van der Waals surface area contributed by atoms with E-state index in [0.29, 0.717) is 28.7 Å². The van der Waals surface area contributed by atoms with Crippen LogP contribution in [0.2, 0.25) is 0 Å². The van der Waals surface area contributed by atoms with Gasteiger partial charge in [-0.1, -0.05) is 32.0 Å². The maximum absolute atomic E-state index is 13.1. The van der Waals surface area contributed by atoms with Gasteiger partial charge in [0.2, 0.25) is 0 Å². The topological polar surface area (TPSA) is 61.3 Å². The summed E-state index contributed by atoms with van der Waals surface area (Å²) < 4.78 is 49.3. The molecule has 0 atom stereocenters. The van der Waals surface area contributed by atoms with Crippen LogP contribution in [0.3, 0.4) is 0 Å². The molecule has 0 saturated heterocycles. The number of hydrogen-bond acceptors (Lipinski definition) is 5. The van der Waals surface area contributed by atoms with Crippen molar-refractivity contribution in [2.45, 2.75) is 46.2 Å². The summed E-state index contributed by atoms with van der Waals surface area (Å²) in [6.45, 7) is 7.57. The number of carbonyl (C=O) groups excluding carboxylic acids is 1. The smallest absolute Gasteiger partial charge is 0.437 e. The van der Waals surface area contributed by atoms with E-state index in [4.69, 9.17) is 4.74 Å². The van der Waals surface area contributed by atoms with Crippen LogP contribution in [0, 0.1) is 13.8 Å². The number of nitrogens with zero attached hydrogens (tertiary/aromatic N) is 2. The fourth-order valence-corrected chi connectivity index (χ4v) is 3.39. The minimum absolute atomic E-state index is 0.0321. The highest BCUT2D eigenvalue weighted by Gasteiger charge is 2.32. The molecule has 5 nitrogen and oxygen atoms in total. The number of halogens is 3. The third kappa shape index (κ3) is 4.78. The Morgan fingerprint density at radius 3 is 2.39 bits per heavy atom. The predicted molar refractivity (Wildman–Crippen MR) is 110 cm³/mol. The van der Waals surface area contributed by atoms with Gasteiger partial charge in [0.1, 0.15) is 11.4 Å². The Labute approximate surface area is 178 Å². The average Bonchev–Trinajstić information content (AvgIpc) is 2.71. The molecule has 164 valence electrons. The van der Waals surface area contributed by atoms with E-state index in [-0.39, 0.29) is 11.4 Å². The van der Waals surface area contributed by atoms with Gasteiger partial charge < -0.3 is 9.47 Å². The van der Waals surface area contributed by atoms with Crippen molar-refractivity contribution in [3.05, 3.63) is 64.1 Å². The van der Waals surface area contributed by atoms with Crippen LogP contribution in [-0.2, 0) is 17.3 Å². The Morgan fingerprint density at radius 2 is 1.77 bits per heavy atom. The molecular formula is C23H23F3N2O3. The lowest BCUT2D eigenvalue weighted by Crippen LogP contribution is -2.14. The number of alkyl halides is 3. The van der Waals surface area contributed by atoms with Crippen LogP contribution in [0.1, 0.15) is 53.5 Å². The Hall–Kier alpha value is -3.16. The summed E-state index contributed by atoms with van der Waals surface area (Å²) in [6, 6.07) is 7.53. The molecule has 2 aromatic heterocycles. The Morgan fingerprint density at radius 1 is 1.10 bits per heavy atom. The van der Waals surface area contributed by atoms with Crippen molar-refractivity contribution in [3.63, 3.8) is 0 Å². The van der Waals surface area contributed by atoms with Crippen molar-refractivity contribution in [2.24, 2.45) is 0 Å². The standard InChI is InChI=1S/C23H23F3N2O3/c1-12(2)20-17(21(31-22(29)30-5)13(3)14(4)27-20)10-15-6-7-16-8-9-19(23(24,25)26)28-18(16)11-15/h6-9,11-12H,10H2,1-5H3. The second-order valence-electron chi connectivity index (χ2n) is 7.62. The number of carbonyl (C=O) groups is 1. The first-order valence-electron chi connectivity index (χ1n) is 9.74. The van der Waals surface area contributed by atoms with Gasteiger partial charge in [-0.3, -0.25) is 4.98 Å². The monoisotopic (exact) mass is 432 g/mol. The van der Waals surface area contributed by atoms with E-state index >= 15 is 0 Å². The number of aromatic nitrogens is 2. The molecule has 1 aromatic carbocycles.